The molecule has 0 saturated heterocycles. The van der Waals surface area contributed by atoms with Crippen LogP contribution >= 0.6 is 0 Å². The molecule has 24 heavy (non-hydrogen) atoms. The lowest BCUT2D eigenvalue weighted by atomic mass is 10.1. The van der Waals surface area contributed by atoms with Crippen molar-refractivity contribution in [1.29, 1.82) is 0 Å². The van der Waals surface area contributed by atoms with Crippen LogP contribution in [0.3, 0.4) is 0 Å². The number of benzene rings is 1. The Hall–Kier alpha value is -3.48. The van der Waals surface area contributed by atoms with E-state index in [1.807, 2.05) is 12.1 Å². The summed E-state index contributed by atoms with van der Waals surface area (Å²) in [5.41, 5.74) is 8.78. The Morgan fingerprint density at radius 2 is 1.46 bits per heavy atom. The molecule has 0 unspecified atom stereocenters. The van der Waals surface area contributed by atoms with Gasteiger partial charge in [-0.3, -0.25) is 9.78 Å². The number of anilines is 5. The predicted molar refractivity (Wildman–Crippen MR) is 93.7 cm³/mol. The number of nitrogen functional groups attached to an aromatic ring is 1. The summed E-state index contributed by atoms with van der Waals surface area (Å²) >= 11 is 0. The number of nitrogens with one attached hydrogen (secondary N) is 2. The smallest absolute Gasteiger partial charge is 0.159 e. The van der Waals surface area contributed by atoms with E-state index in [2.05, 4.69) is 25.6 Å². The van der Waals surface area contributed by atoms with Crippen LogP contribution in [0.25, 0.3) is 0 Å². The molecule has 3 rings (SSSR count). The number of carbonyl (C=O) groups excluding carboxylic acids is 1. The summed E-state index contributed by atoms with van der Waals surface area (Å²) in [5, 5.41) is 6.25. The first-order valence-corrected chi connectivity index (χ1v) is 7.29. The van der Waals surface area contributed by atoms with Gasteiger partial charge < -0.3 is 16.4 Å². The predicted octanol–water partition coefficient (Wildman–Crippen LogP) is 3.14. The molecular formula is C17H16N6O. The van der Waals surface area contributed by atoms with Gasteiger partial charge in [0.25, 0.3) is 0 Å². The molecule has 0 radical (unpaired) electrons. The molecule has 0 aliphatic heterocycles. The fourth-order valence-electron chi connectivity index (χ4n) is 2.09. The second-order valence-corrected chi connectivity index (χ2v) is 5.10. The van der Waals surface area contributed by atoms with Crippen molar-refractivity contribution in [2.24, 2.45) is 0 Å². The van der Waals surface area contributed by atoms with Gasteiger partial charge >= 0.3 is 0 Å². The number of nitrogens with zero attached hydrogens (tertiary/aromatic N) is 3. The Bertz CT molecular complexity index is 849. The van der Waals surface area contributed by atoms with Gasteiger partial charge in [0.15, 0.2) is 17.4 Å². The molecule has 2 heterocycles. The molecule has 0 fully saturated rings. The van der Waals surface area contributed by atoms with E-state index in [1.54, 1.807) is 36.7 Å². The molecule has 0 atom stereocenters. The first kappa shape index (κ1) is 15.4. The summed E-state index contributed by atoms with van der Waals surface area (Å²) in [5.74, 6) is 1.00. The van der Waals surface area contributed by atoms with E-state index in [0.29, 0.717) is 22.9 Å². The lowest BCUT2D eigenvalue weighted by Gasteiger charge is -2.12. The first-order valence-electron chi connectivity index (χ1n) is 7.29. The zero-order valence-electron chi connectivity index (χ0n) is 13.0. The number of Topliss-reactive ketones (excluding diaryl/α,β-unsaturated/α-hetero) is 1. The number of pyridine rings is 1. The minimum absolute atomic E-state index is 0.0203. The van der Waals surface area contributed by atoms with Crippen molar-refractivity contribution in [3.63, 3.8) is 0 Å². The lowest BCUT2D eigenvalue weighted by molar-refractivity contribution is 0.101. The standard InChI is InChI=1S/C17H16N6O/c1-11(24)12-2-4-13(5-3-12)22-16-15(18)17(21-10-20-16)23-14-6-8-19-9-7-14/h2-10H,18H2,1H3,(H2,19,20,21,22,23). The molecule has 4 N–H and O–H groups in total. The van der Waals surface area contributed by atoms with E-state index in [-0.39, 0.29) is 5.78 Å². The van der Waals surface area contributed by atoms with Crippen LogP contribution in [0.1, 0.15) is 17.3 Å². The van der Waals surface area contributed by atoms with Crippen LogP contribution in [0.2, 0.25) is 0 Å². The summed E-state index contributed by atoms with van der Waals surface area (Å²) in [7, 11) is 0. The third-order valence-corrected chi connectivity index (χ3v) is 3.38. The van der Waals surface area contributed by atoms with Crippen molar-refractivity contribution in [1.82, 2.24) is 15.0 Å². The van der Waals surface area contributed by atoms with Crippen LogP contribution in [0, 0.1) is 0 Å². The molecule has 0 spiro atoms. The van der Waals surface area contributed by atoms with E-state index < -0.39 is 0 Å². The second kappa shape index (κ2) is 6.74. The summed E-state index contributed by atoms with van der Waals surface area (Å²) in [6.07, 6.45) is 4.77. The molecule has 2 aromatic heterocycles. The fourth-order valence-corrected chi connectivity index (χ4v) is 2.09. The van der Waals surface area contributed by atoms with E-state index in [0.717, 1.165) is 11.4 Å². The Morgan fingerprint density at radius 3 is 2.00 bits per heavy atom. The van der Waals surface area contributed by atoms with Gasteiger partial charge in [0.05, 0.1) is 0 Å². The molecule has 3 aromatic rings. The van der Waals surface area contributed by atoms with Crippen molar-refractivity contribution in [2.45, 2.75) is 6.92 Å². The lowest BCUT2D eigenvalue weighted by Crippen LogP contribution is -2.05. The molecule has 0 aliphatic rings. The third kappa shape index (κ3) is 3.46. The van der Waals surface area contributed by atoms with E-state index >= 15 is 0 Å². The summed E-state index contributed by atoms with van der Waals surface area (Å²) in [6, 6.07) is 10.7. The summed E-state index contributed by atoms with van der Waals surface area (Å²) < 4.78 is 0. The van der Waals surface area contributed by atoms with Crippen LogP contribution < -0.4 is 16.4 Å². The summed E-state index contributed by atoms with van der Waals surface area (Å²) in [4.78, 5) is 23.6. The quantitative estimate of drug-likeness (QED) is 0.620. The van der Waals surface area contributed by atoms with Gasteiger partial charge in [-0.05, 0) is 43.3 Å². The minimum Gasteiger partial charge on any atom is -0.393 e. The molecule has 0 amide bonds. The number of nitrogens with two attached hydrogens (primary N) is 1. The van der Waals surface area contributed by atoms with Crippen molar-refractivity contribution < 1.29 is 4.79 Å². The number of hydrogen-bond acceptors (Lipinski definition) is 7. The van der Waals surface area contributed by atoms with Crippen LogP contribution in [0.5, 0.6) is 0 Å². The number of ketones is 1. The Kier molecular flexibility index (Phi) is 4.33. The van der Waals surface area contributed by atoms with Crippen molar-refractivity contribution >= 4 is 34.5 Å². The highest BCUT2D eigenvalue weighted by Gasteiger charge is 2.09. The van der Waals surface area contributed by atoms with Crippen molar-refractivity contribution in [3.05, 3.63) is 60.7 Å². The Balaban J connectivity index is 1.81. The Morgan fingerprint density at radius 1 is 0.917 bits per heavy atom. The minimum atomic E-state index is 0.0203. The van der Waals surface area contributed by atoms with E-state index in [4.69, 9.17) is 5.73 Å². The molecular weight excluding hydrogens is 304 g/mol. The maximum absolute atomic E-state index is 11.3. The van der Waals surface area contributed by atoms with Crippen LogP contribution in [-0.4, -0.2) is 20.7 Å². The molecule has 0 bridgehead atoms. The maximum Gasteiger partial charge on any atom is 0.159 e. The van der Waals surface area contributed by atoms with Gasteiger partial charge in [0.2, 0.25) is 0 Å². The average molecular weight is 320 g/mol. The van der Waals surface area contributed by atoms with Gasteiger partial charge in [0, 0.05) is 29.3 Å². The van der Waals surface area contributed by atoms with Crippen LogP contribution in [0.4, 0.5) is 28.7 Å². The molecule has 7 heteroatoms. The largest absolute Gasteiger partial charge is 0.393 e. The molecule has 0 saturated carbocycles. The number of carbonyl (C=O) groups is 1. The fraction of sp³-hybridized carbons (Fsp3) is 0.0588. The van der Waals surface area contributed by atoms with Crippen LogP contribution in [-0.2, 0) is 0 Å². The molecule has 7 nitrogen and oxygen atoms in total. The number of rotatable bonds is 5. The van der Waals surface area contributed by atoms with E-state index in [9.17, 15) is 4.79 Å². The van der Waals surface area contributed by atoms with Gasteiger partial charge in [-0.25, -0.2) is 9.97 Å². The highest BCUT2D eigenvalue weighted by Crippen LogP contribution is 2.27. The number of hydrogen-bond donors (Lipinski definition) is 3. The summed E-state index contributed by atoms with van der Waals surface area (Å²) in [6.45, 7) is 1.53. The topological polar surface area (TPSA) is 106 Å². The van der Waals surface area contributed by atoms with Gasteiger partial charge in [-0.15, -0.1) is 0 Å². The molecule has 120 valence electrons. The highest BCUT2D eigenvalue weighted by molar-refractivity contribution is 5.94. The van der Waals surface area contributed by atoms with Crippen molar-refractivity contribution in [2.75, 3.05) is 16.4 Å². The zero-order chi connectivity index (χ0) is 16.9. The van der Waals surface area contributed by atoms with Gasteiger partial charge in [-0.1, -0.05) is 0 Å². The highest BCUT2D eigenvalue weighted by atomic mass is 16.1. The SMILES string of the molecule is CC(=O)c1ccc(Nc2ncnc(Nc3ccncc3)c2N)cc1. The maximum atomic E-state index is 11.3. The van der Waals surface area contributed by atoms with Crippen LogP contribution in [0.15, 0.2) is 55.1 Å². The van der Waals surface area contributed by atoms with Crippen molar-refractivity contribution in [3.8, 4) is 0 Å². The number of aromatic nitrogens is 3. The third-order valence-electron chi connectivity index (χ3n) is 3.38. The average Bonchev–Trinajstić information content (AvgIpc) is 2.60. The first-order chi connectivity index (χ1) is 11.6. The zero-order valence-corrected chi connectivity index (χ0v) is 13.0. The monoisotopic (exact) mass is 320 g/mol. The van der Waals surface area contributed by atoms with Gasteiger partial charge in [-0.2, -0.15) is 0 Å². The molecule has 0 aliphatic carbocycles. The van der Waals surface area contributed by atoms with E-state index in [1.165, 1.54) is 13.3 Å². The second-order valence-electron chi connectivity index (χ2n) is 5.10. The molecule has 1 aromatic carbocycles. The van der Waals surface area contributed by atoms with Gasteiger partial charge in [0.1, 0.15) is 12.0 Å². The Labute approximate surface area is 139 Å². The normalized spacial score (nSPS) is 10.2.